The van der Waals surface area contributed by atoms with Crippen molar-refractivity contribution in [2.45, 2.75) is 125 Å². The Morgan fingerprint density at radius 1 is 0.509 bits per heavy atom. The molecule has 4 aromatic carbocycles. The molecule has 0 spiro atoms. The number of rotatable bonds is 11. The van der Waals surface area contributed by atoms with Crippen LogP contribution in [0.5, 0.6) is 28.7 Å². The van der Waals surface area contributed by atoms with Gasteiger partial charge in [-0.15, -0.1) is 0 Å². The average molecular weight is 797 g/mol. The van der Waals surface area contributed by atoms with E-state index >= 15 is 0 Å². The van der Waals surface area contributed by atoms with Crippen molar-refractivity contribution in [2.75, 3.05) is 0 Å². The Morgan fingerprint density at radius 2 is 0.877 bits per heavy atom. The van der Waals surface area contributed by atoms with Gasteiger partial charge in [0.15, 0.2) is 23.0 Å². The van der Waals surface area contributed by atoms with E-state index in [2.05, 4.69) is 9.47 Å². The summed E-state index contributed by atoms with van der Waals surface area (Å²) in [4.78, 5) is 0. The highest BCUT2D eigenvalue weighted by molar-refractivity contribution is 6.62. The first-order chi connectivity index (χ1) is 26.6. The molecule has 0 unspecified atom stereocenters. The number of aryl methyl sites for hydroxylation is 2. The lowest BCUT2D eigenvalue weighted by atomic mass is 9.79. The van der Waals surface area contributed by atoms with Crippen LogP contribution in [0.15, 0.2) is 84.9 Å². The summed E-state index contributed by atoms with van der Waals surface area (Å²) in [5.41, 5.74) is 2.21. The standard InChI is InChI=1S/C21H25BF2O4.C20H23BF2O4.C2H6/c1-14-6-8-15(9-7-14)13-25-17-11-10-16(12-18(17)26-19(23)24)22-27-20(2,3)21(4,5)28-22;1-13-6-9-15(10-7-13)24-16-11-8-14(12-17(16)25-18(22)23)21-26-19(2,3)20(4,5)27-21;1-2/h6-12,19H,13H2,1-5H3;6-12,18H,1-5H3;1-2H3. The van der Waals surface area contributed by atoms with Gasteiger partial charge >= 0.3 is 27.5 Å². The van der Waals surface area contributed by atoms with Gasteiger partial charge in [0.1, 0.15) is 12.4 Å². The number of hydrogen-bond donors (Lipinski definition) is 0. The second kappa shape index (κ2) is 18.6. The highest BCUT2D eigenvalue weighted by atomic mass is 19.3. The summed E-state index contributed by atoms with van der Waals surface area (Å²) in [6.45, 7) is 17.7. The Kier molecular flexibility index (Phi) is 14.8. The highest BCUT2D eigenvalue weighted by Gasteiger charge is 2.53. The summed E-state index contributed by atoms with van der Waals surface area (Å²) in [7, 11) is -1.35. The molecule has 4 aromatic rings. The van der Waals surface area contributed by atoms with E-state index in [9.17, 15) is 17.6 Å². The third-order valence-corrected chi connectivity index (χ3v) is 10.2. The van der Waals surface area contributed by atoms with Crippen LogP contribution >= 0.6 is 0 Å². The normalized spacial score (nSPS) is 17.4. The van der Waals surface area contributed by atoms with Crippen LogP contribution < -0.4 is 29.9 Å². The van der Waals surface area contributed by atoms with Crippen molar-refractivity contribution in [3.05, 3.63) is 102 Å². The van der Waals surface area contributed by atoms with Gasteiger partial charge in [0.25, 0.3) is 0 Å². The summed E-state index contributed by atoms with van der Waals surface area (Å²) >= 11 is 0. The molecule has 0 aromatic heterocycles. The third kappa shape index (κ3) is 11.7. The lowest BCUT2D eigenvalue weighted by molar-refractivity contribution is -0.0519. The maximum absolute atomic E-state index is 12.9. The van der Waals surface area contributed by atoms with Crippen molar-refractivity contribution >= 4 is 25.2 Å². The molecule has 2 fully saturated rings. The number of hydrogen-bond acceptors (Lipinski definition) is 8. The topological polar surface area (TPSA) is 73.8 Å². The molecular formula is C43H54B2F4O8. The Morgan fingerprint density at radius 3 is 1.28 bits per heavy atom. The second-order valence-corrected chi connectivity index (χ2v) is 15.5. The maximum atomic E-state index is 12.9. The van der Waals surface area contributed by atoms with Gasteiger partial charge in [0.2, 0.25) is 0 Å². The van der Waals surface area contributed by atoms with Crippen molar-refractivity contribution in [1.29, 1.82) is 0 Å². The van der Waals surface area contributed by atoms with E-state index in [-0.39, 0.29) is 29.6 Å². The van der Waals surface area contributed by atoms with Gasteiger partial charge in [-0.05, 0) is 122 Å². The van der Waals surface area contributed by atoms with Crippen LogP contribution in [0.2, 0.25) is 0 Å². The van der Waals surface area contributed by atoms with Crippen molar-refractivity contribution in [2.24, 2.45) is 0 Å². The van der Waals surface area contributed by atoms with Gasteiger partial charge in [-0.2, -0.15) is 17.6 Å². The van der Waals surface area contributed by atoms with Crippen molar-refractivity contribution < 1.29 is 55.1 Å². The second-order valence-electron chi connectivity index (χ2n) is 15.5. The summed E-state index contributed by atoms with van der Waals surface area (Å²) in [6.07, 6.45) is 0. The summed E-state index contributed by atoms with van der Waals surface area (Å²) in [5, 5.41) is 0. The van der Waals surface area contributed by atoms with Gasteiger partial charge in [0.05, 0.1) is 22.4 Å². The Balaban J connectivity index is 0.000000242. The van der Waals surface area contributed by atoms with Crippen LogP contribution in [-0.2, 0) is 25.2 Å². The van der Waals surface area contributed by atoms with Crippen LogP contribution in [0, 0.1) is 13.8 Å². The molecular weight excluding hydrogens is 742 g/mol. The number of ether oxygens (including phenoxy) is 4. The van der Waals surface area contributed by atoms with Crippen LogP contribution in [0.1, 0.15) is 85.9 Å². The Bertz CT molecular complexity index is 1870. The monoisotopic (exact) mass is 796 g/mol. The minimum absolute atomic E-state index is 0.0469. The average Bonchev–Trinajstić information content (AvgIpc) is 3.50. The van der Waals surface area contributed by atoms with Crippen LogP contribution in [-0.4, -0.2) is 49.9 Å². The highest BCUT2D eigenvalue weighted by Crippen LogP contribution is 2.39. The van der Waals surface area contributed by atoms with Gasteiger partial charge in [-0.3, -0.25) is 0 Å². The van der Waals surface area contributed by atoms with E-state index < -0.39 is 49.9 Å². The molecule has 0 amide bonds. The molecule has 0 saturated carbocycles. The third-order valence-electron chi connectivity index (χ3n) is 10.2. The number of halogens is 4. The maximum Gasteiger partial charge on any atom is 0.494 e. The van der Waals surface area contributed by atoms with Crippen molar-refractivity contribution in [1.82, 2.24) is 0 Å². The molecule has 2 aliphatic heterocycles. The van der Waals surface area contributed by atoms with Gasteiger partial charge in [0, 0.05) is 0 Å². The lowest BCUT2D eigenvalue weighted by Crippen LogP contribution is -2.41. The zero-order valence-electron chi connectivity index (χ0n) is 34.9. The smallest absolute Gasteiger partial charge is 0.485 e. The van der Waals surface area contributed by atoms with Crippen LogP contribution in [0.25, 0.3) is 0 Å². The molecule has 308 valence electrons. The van der Waals surface area contributed by atoms with E-state index in [1.54, 1.807) is 36.4 Å². The number of benzene rings is 4. The molecule has 0 radical (unpaired) electrons. The molecule has 6 rings (SSSR count). The van der Waals surface area contributed by atoms with Gasteiger partial charge in [-0.25, -0.2) is 0 Å². The van der Waals surface area contributed by atoms with E-state index in [0.717, 1.165) is 16.7 Å². The number of alkyl halides is 4. The summed E-state index contributed by atoms with van der Waals surface area (Å²) in [5.74, 6) is 0.843. The van der Waals surface area contributed by atoms with E-state index in [0.29, 0.717) is 16.7 Å². The first-order valence-electron chi connectivity index (χ1n) is 19.0. The predicted molar refractivity (Wildman–Crippen MR) is 216 cm³/mol. The quantitative estimate of drug-likeness (QED) is 0.110. The molecule has 2 heterocycles. The van der Waals surface area contributed by atoms with E-state index in [4.69, 9.17) is 28.1 Å². The minimum atomic E-state index is -2.97. The molecule has 0 aliphatic carbocycles. The molecule has 0 bridgehead atoms. The van der Waals surface area contributed by atoms with E-state index in [1.807, 2.05) is 119 Å². The molecule has 2 aliphatic rings. The first-order valence-corrected chi connectivity index (χ1v) is 19.0. The lowest BCUT2D eigenvalue weighted by Gasteiger charge is -2.32. The first kappa shape index (κ1) is 45.5. The molecule has 14 heteroatoms. The zero-order valence-corrected chi connectivity index (χ0v) is 34.9. The van der Waals surface area contributed by atoms with Gasteiger partial charge in [-0.1, -0.05) is 73.5 Å². The van der Waals surface area contributed by atoms with E-state index in [1.165, 1.54) is 12.1 Å². The molecule has 0 N–H and O–H groups in total. The fourth-order valence-electron chi connectivity index (χ4n) is 5.46. The molecule has 2 saturated heterocycles. The fourth-order valence-corrected chi connectivity index (χ4v) is 5.46. The molecule has 8 nitrogen and oxygen atoms in total. The fraction of sp³-hybridized carbons (Fsp3) is 0.442. The largest absolute Gasteiger partial charge is 0.494 e. The summed E-state index contributed by atoms with van der Waals surface area (Å²) < 4.78 is 96.4. The molecule has 0 atom stereocenters. The zero-order chi connectivity index (χ0) is 42.3. The SMILES string of the molecule is CC.Cc1ccc(COc2ccc(B3OC(C)(C)C(C)(C)O3)cc2OC(F)F)cc1.Cc1ccc(Oc2ccc(B3OC(C)(C)C(C)(C)O3)cc2OC(F)F)cc1. The molecule has 57 heavy (non-hydrogen) atoms. The van der Waals surface area contributed by atoms with Gasteiger partial charge < -0.3 is 37.6 Å². The van der Waals surface area contributed by atoms with Crippen molar-refractivity contribution in [3.8, 4) is 28.7 Å². The Hall–Kier alpha value is -4.23. The van der Waals surface area contributed by atoms with Crippen LogP contribution in [0.3, 0.4) is 0 Å². The van der Waals surface area contributed by atoms with Crippen molar-refractivity contribution in [3.63, 3.8) is 0 Å². The van der Waals surface area contributed by atoms with Crippen LogP contribution in [0.4, 0.5) is 17.6 Å². The summed E-state index contributed by atoms with van der Waals surface area (Å²) in [6, 6.07) is 24.7. The minimum Gasteiger partial charge on any atom is -0.485 e. The predicted octanol–water partition coefficient (Wildman–Crippen LogP) is 10.2. The Labute approximate surface area is 335 Å².